The van der Waals surface area contributed by atoms with Gasteiger partial charge in [0.05, 0.1) is 71.4 Å². The number of aromatic hydroxyl groups is 1. The highest BCUT2D eigenvalue weighted by Crippen LogP contribution is 2.37. The summed E-state index contributed by atoms with van der Waals surface area (Å²) in [7, 11) is 5.22. The molecule has 8 aromatic rings. The molecule has 8 heterocycles. The number of rotatable bonds is 17. The summed E-state index contributed by atoms with van der Waals surface area (Å²) in [5.74, 6) is 4.65. The van der Waals surface area contributed by atoms with Crippen molar-refractivity contribution in [1.82, 2.24) is 91.5 Å². The van der Waals surface area contributed by atoms with E-state index < -0.39 is 0 Å². The topological polar surface area (TPSA) is 298 Å². The summed E-state index contributed by atoms with van der Waals surface area (Å²) < 4.78 is 22.4. The predicted octanol–water partition coefficient (Wildman–Crippen LogP) is 9.40. The zero-order chi connectivity index (χ0) is 64.7. The molecule has 3 fully saturated rings. The number of halogens is 1. The van der Waals surface area contributed by atoms with Gasteiger partial charge in [-0.2, -0.15) is 30.0 Å². The molecule has 0 bridgehead atoms. The lowest BCUT2D eigenvalue weighted by atomic mass is 9.79. The number of benzene rings is 3. The van der Waals surface area contributed by atoms with Gasteiger partial charge in [-0.1, -0.05) is 15.9 Å². The second-order valence-corrected chi connectivity index (χ2v) is 28.0. The van der Waals surface area contributed by atoms with Crippen LogP contribution in [0.25, 0.3) is 45.5 Å². The maximum atomic E-state index is 10.4. The van der Waals surface area contributed by atoms with E-state index in [1.54, 1.807) is 75.8 Å². The molecule has 3 saturated heterocycles. The molecule has 6 N–H and O–H groups in total. The van der Waals surface area contributed by atoms with Crippen molar-refractivity contribution in [2.24, 2.45) is 0 Å². The van der Waals surface area contributed by atoms with Crippen LogP contribution in [0.15, 0.2) is 102 Å². The Morgan fingerprint density at radius 2 is 0.900 bits per heavy atom. The quantitative estimate of drug-likeness (QED) is 0.0462. The van der Waals surface area contributed by atoms with Crippen LogP contribution in [-0.2, 0) is 9.47 Å². The third-order valence-corrected chi connectivity index (χ3v) is 15.9. The third-order valence-electron chi connectivity index (χ3n) is 15.4. The number of nitrogens with zero attached hydrogens (tertiary/aromatic N) is 16. The van der Waals surface area contributed by atoms with E-state index in [4.69, 9.17) is 18.9 Å². The number of ether oxygens (including phenoxy) is 4. The van der Waals surface area contributed by atoms with Crippen LogP contribution in [0.3, 0.4) is 0 Å². The van der Waals surface area contributed by atoms with Gasteiger partial charge in [-0.05, 0) is 164 Å². The largest absolute Gasteiger partial charge is 0.507 e. The average Bonchev–Trinajstić information content (AvgIpc) is 1.27. The van der Waals surface area contributed by atoms with Gasteiger partial charge in [0.25, 0.3) is 0 Å². The van der Waals surface area contributed by atoms with Crippen LogP contribution < -0.4 is 41.0 Å². The van der Waals surface area contributed by atoms with E-state index in [0.717, 1.165) is 60.1 Å². The van der Waals surface area contributed by atoms with E-state index in [-0.39, 0.29) is 58.6 Å². The Hall–Kier alpha value is -7.95. The minimum Gasteiger partial charge on any atom is -0.507 e. The number of anilines is 3. The SMILES string of the molecule is CC1(C)CC(Nc2cnc(-c3ccc(-n4nccn4)cc3O)nn2)CC(C)(C)N1.COCOc1cc(-n2nccn2)ccc1-c1ncc(N(C)C2CC(C)(C)NC(C)(C)C2)nn1.COCOc1cc(Br)ccc1-c1ncc(NC2CC(C)(C)NC(C)(C)C2)nn1. The summed E-state index contributed by atoms with van der Waals surface area (Å²) in [6, 6.07) is 17.3. The van der Waals surface area contributed by atoms with Crippen LogP contribution in [0, 0.1) is 0 Å². The fourth-order valence-electron chi connectivity index (χ4n) is 13.0. The fourth-order valence-corrected chi connectivity index (χ4v) is 13.3. The third kappa shape index (κ3) is 17.9. The fraction of sp³-hybridized carbons (Fsp3) is 0.508. The molecule has 90 heavy (non-hydrogen) atoms. The van der Waals surface area contributed by atoms with Gasteiger partial charge in [0.1, 0.15) is 17.2 Å². The number of hydrogen-bond donors (Lipinski definition) is 6. The van der Waals surface area contributed by atoms with Crippen molar-refractivity contribution in [3.8, 4) is 62.8 Å². The van der Waals surface area contributed by atoms with E-state index in [1.807, 2.05) is 36.4 Å². The van der Waals surface area contributed by atoms with E-state index >= 15 is 0 Å². The Kier molecular flexibility index (Phi) is 20.4. The molecule has 3 aliphatic rings. The highest BCUT2D eigenvalue weighted by Gasteiger charge is 2.41. The molecule has 5 aromatic heterocycles. The summed E-state index contributed by atoms with van der Waals surface area (Å²) in [6.07, 6.45) is 17.5. The zero-order valence-corrected chi connectivity index (χ0v) is 55.8. The molecule has 27 heteroatoms. The van der Waals surface area contributed by atoms with Crippen LogP contribution in [0.2, 0.25) is 0 Å². The van der Waals surface area contributed by atoms with Gasteiger partial charge in [-0.25, -0.2) is 15.0 Å². The smallest absolute Gasteiger partial charge is 0.188 e. The van der Waals surface area contributed by atoms with Crippen molar-refractivity contribution in [1.29, 1.82) is 0 Å². The molecule has 26 nitrogen and oxygen atoms in total. The first-order valence-corrected chi connectivity index (χ1v) is 30.8. The van der Waals surface area contributed by atoms with Crippen molar-refractivity contribution in [2.45, 2.75) is 173 Å². The summed E-state index contributed by atoms with van der Waals surface area (Å²) >= 11 is 3.45. The lowest BCUT2D eigenvalue weighted by Gasteiger charge is -2.49. The van der Waals surface area contributed by atoms with E-state index in [9.17, 15) is 5.11 Å². The normalized spacial score (nSPS) is 18.2. The van der Waals surface area contributed by atoms with Gasteiger partial charge >= 0.3 is 0 Å². The van der Waals surface area contributed by atoms with Crippen molar-refractivity contribution >= 4 is 33.4 Å². The summed E-state index contributed by atoms with van der Waals surface area (Å²) in [5, 5.41) is 70.9. The van der Waals surface area contributed by atoms with Gasteiger partial charge in [0, 0.05) is 89.2 Å². The van der Waals surface area contributed by atoms with Gasteiger partial charge < -0.3 is 55.5 Å². The number of phenols is 1. The molecule has 0 amide bonds. The standard InChI is InChI=1S/C23H32N8O2.C20H28BrN5O2.C20H26N8O/c1-22(2)12-17(13-23(3,4)29-22)30(5)20-14-24-21(28-27-20)18-8-7-16(31-25-9-10-26-31)11-19(18)33-15-32-6;1-19(2)9-14(10-20(3,4)26-19)23-17-11-22-18(25-24-17)15-7-6-13(21)8-16(15)28-12-27-5;1-19(2)10-13(11-20(3,4)27-19)24-17-12-21-18(26-25-17)15-6-5-14(9-16(15)29)28-22-7-8-23-28/h7-11,14,17,29H,12-13,15H2,1-6H3;6-8,11,14,26H,9-10,12H2,1-5H3,(H,23,24);5-9,12-13,27,29H,10-11H2,1-4H3,(H,24,25). The number of aromatic nitrogens is 15. The van der Waals surface area contributed by atoms with Crippen molar-refractivity contribution in [3.05, 3.63) is 102 Å². The highest BCUT2D eigenvalue weighted by atomic mass is 79.9. The van der Waals surface area contributed by atoms with Crippen molar-refractivity contribution in [2.75, 3.05) is 50.4 Å². The molecule has 0 aliphatic carbocycles. The Balaban J connectivity index is 0.000000161. The molecular weight excluding hydrogens is 1210 g/mol. The van der Waals surface area contributed by atoms with Crippen LogP contribution >= 0.6 is 15.9 Å². The van der Waals surface area contributed by atoms with E-state index in [1.165, 1.54) is 9.59 Å². The first-order chi connectivity index (χ1) is 42.6. The van der Waals surface area contributed by atoms with Crippen LogP contribution in [0.1, 0.15) is 122 Å². The number of piperidine rings is 3. The van der Waals surface area contributed by atoms with E-state index in [0.29, 0.717) is 69.5 Å². The molecular formula is C63H86BrN21O5. The average molecular weight is 1300 g/mol. The van der Waals surface area contributed by atoms with Gasteiger partial charge in [-0.15, -0.1) is 30.6 Å². The van der Waals surface area contributed by atoms with Crippen LogP contribution in [0.4, 0.5) is 17.5 Å². The van der Waals surface area contributed by atoms with Crippen molar-refractivity contribution in [3.63, 3.8) is 0 Å². The molecule has 3 aliphatic heterocycles. The molecule has 0 unspecified atom stereocenters. The molecule has 0 radical (unpaired) electrons. The Morgan fingerprint density at radius 3 is 1.31 bits per heavy atom. The van der Waals surface area contributed by atoms with Gasteiger partial charge in [0.15, 0.2) is 48.5 Å². The Morgan fingerprint density at radius 1 is 0.511 bits per heavy atom. The summed E-state index contributed by atoms with van der Waals surface area (Å²) in [4.78, 5) is 18.6. The van der Waals surface area contributed by atoms with E-state index in [2.05, 4.69) is 203 Å². The molecule has 11 rings (SSSR count). The number of methoxy groups -OCH3 is 2. The van der Waals surface area contributed by atoms with Crippen LogP contribution in [-0.4, -0.2) is 167 Å². The van der Waals surface area contributed by atoms with Crippen LogP contribution in [0.5, 0.6) is 17.2 Å². The molecule has 0 atom stereocenters. The second kappa shape index (κ2) is 27.7. The van der Waals surface area contributed by atoms with Gasteiger partial charge in [0.2, 0.25) is 0 Å². The molecule has 0 saturated carbocycles. The van der Waals surface area contributed by atoms with Gasteiger partial charge in [-0.3, -0.25) is 0 Å². The first-order valence-electron chi connectivity index (χ1n) is 30.0. The first kappa shape index (κ1) is 66.5. The minimum atomic E-state index is 0.0389. The number of nitrogens with one attached hydrogen (secondary N) is 5. The lowest BCUT2D eigenvalue weighted by molar-refractivity contribution is 0.0513. The maximum Gasteiger partial charge on any atom is 0.188 e. The summed E-state index contributed by atoms with van der Waals surface area (Å²) in [6.45, 7) is 27.0. The molecule has 0 spiro atoms. The highest BCUT2D eigenvalue weighted by molar-refractivity contribution is 9.10. The molecule has 480 valence electrons. The number of hydrogen-bond acceptors (Lipinski definition) is 24. The maximum absolute atomic E-state index is 10.4. The lowest BCUT2D eigenvalue weighted by Crippen LogP contribution is -2.62. The molecule has 3 aromatic carbocycles. The second-order valence-electron chi connectivity index (χ2n) is 27.1. The predicted molar refractivity (Wildman–Crippen MR) is 349 cm³/mol. The van der Waals surface area contributed by atoms with Crippen molar-refractivity contribution < 1.29 is 24.1 Å². The summed E-state index contributed by atoms with van der Waals surface area (Å²) in [5.41, 5.74) is 3.68. The zero-order valence-electron chi connectivity index (χ0n) is 54.2. The number of phenolic OH excluding ortho intramolecular Hbond substituents is 1. The Bertz CT molecular complexity index is 3560. The monoisotopic (exact) mass is 1300 g/mol. The Labute approximate surface area is 535 Å². The minimum absolute atomic E-state index is 0.0389.